The fraction of sp³-hybridized carbons (Fsp3) is 0.441. The molecule has 0 N–H and O–H groups in total. The van der Waals surface area contributed by atoms with Crippen LogP contribution in [0.1, 0.15) is 50.3 Å². The molecule has 0 atom stereocenters. The van der Waals surface area contributed by atoms with Gasteiger partial charge in [-0.2, -0.15) is 0 Å². The molecule has 0 saturated carbocycles. The molecule has 0 bridgehead atoms. The van der Waals surface area contributed by atoms with Gasteiger partial charge in [0.05, 0.1) is 13.0 Å². The predicted molar refractivity (Wildman–Crippen MR) is 172 cm³/mol. The Hall–Kier alpha value is -2.48. The lowest BCUT2D eigenvalue weighted by molar-refractivity contribution is -0.582. The average Bonchev–Trinajstić information content (AvgIpc) is 2.81. The lowest BCUT2D eigenvalue weighted by Gasteiger charge is -2.40. The molecule has 204 valence electrons. The molecule has 2 aromatic carbocycles. The third kappa shape index (κ3) is 4.66. The third-order valence-corrected chi connectivity index (χ3v) is 18.0. The fourth-order valence-corrected chi connectivity index (χ4v) is 9.96. The molecule has 5 heteroatoms. The van der Waals surface area contributed by atoms with Gasteiger partial charge in [-0.15, -0.1) is 0 Å². The highest BCUT2D eigenvalue weighted by Crippen LogP contribution is 2.42. The lowest BCUT2D eigenvalue weighted by Crippen LogP contribution is -2.50. The van der Waals surface area contributed by atoms with E-state index in [4.69, 9.17) is 4.43 Å². The van der Waals surface area contributed by atoms with Crippen molar-refractivity contribution in [1.29, 1.82) is 0 Å². The van der Waals surface area contributed by atoms with Gasteiger partial charge in [0.15, 0.2) is 14.0 Å². The molecule has 3 aliphatic heterocycles. The molecular weight excluding hydrogens is 509 g/mol. The highest BCUT2D eigenvalue weighted by atomic mass is 28.4. The molecule has 2 saturated heterocycles. The highest BCUT2D eigenvalue weighted by Gasteiger charge is 2.41. The summed E-state index contributed by atoms with van der Waals surface area (Å²) in [4.78, 5) is 2.54. The van der Waals surface area contributed by atoms with Gasteiger partial charge >= 0.3 is 0 Å². The van der Waals surface area contributed by atoms with Crippen molar-refractivity contribution in [3.05, 3.63) is 88.2 Å². The molecule has 6 rings (SSSR count). The van der Waals surface area contributed by atoms with Gasteiger partial charge in [-0.05, 0) is 81.0 Å². The number of anilines is 1. The summed E-state index contributed by atoms with van der Waals surface area (Å²) >= 11 is 0. The van der Waals surface area contributed by atoms with Crippen molar-refractivity contribution in [2.45, 2.75) is 71.4 Å². The summed E-state index contributed by atoms with van der Waals surface area (Å²) in [6, 6.07) is 16.6. The second kappa shape index (κ2) is 9.57. The van der Waals surface area contributed by atoms with Gasteiger partial charge in [0.2, 0.25) is 0 Å². The van der Waals surface area contributed by atoms with Gasteiger partial charge in [0, 0.05) is 30.9 Å². The Morgan fingerprint density at radius 2 is 1.67 bits per heavy atom. The minimum Gasteiger partial charge on any atom is -0.413 e. The first-order valence-corrected chi connectivity index (χ1v) is 20.8. The molecule has 4 aliphatic rings. The van der Waals surface area contributed by atoms with E-state index in [1.807, 2.05) is 0 Å². The van der Waals surface area contributed by atoms with Crippen molar-refractivity contribution in [2.24, 2.45) is 0 Å². The maximum Gasteiger partial charge on any atom is 0.199 e. The molecular formula is C34H45N2OSi2+. The topological polar surface area (TPSA) is 15.5 Å². The first-order valence-electron chi connectivity index (χ1n) is 14.9. The second-order valence-electron chi connectivity index (χ2n) is 13.9. The van der Waals surface area contributed by atoms with Crippen LogP contribution in [0.4, 0.5) is 5.69 Å². The van der Waals surface area contributed by atoms with Crippen molar-refractivity contribution >= 4 is 38.6 Å². The summed E-state index contributed by atoms with van der Waals surface area (Å²) in [7, 11) is -3.67. The van der Waals surface area contributed by atoms with E-state index in [0.29, 0.717) is 6.61 Å². The minimum atomic E-state index is -1.89. The van der Waals surface area contributed by atoms with Crippen LogP contribution in [-0.2, 0) is 11.0 Å². The maximum atomic E-state index is 6.54. The Bertz CT molecular complexity index is 1420. The molecule has 2 aromatic rings. The van der Waals surface area contributed by atoms with Gasteiger partial charge in [-0.25, -0.2) is 4.58 Å². The van der Waals surface area contributed by atoms with E-state index in [-0.39, 0.29) is 5.04 Å². The van der Waals surface area contributed by atoms with E-state index in [1.54, 1.807) is 10.4 Å². The Morgan fingerprint density at radius 3 is 2.26 bits per heavy atom. The van der Waals surface area contributed by atoms with Crippen molar-refractivity contribution in [3.8, 4) is 0 Å². The van der Waals surface area contributed by atoms with Crippen LogP contribution < -0.4 is 10.1 Å². The fourth-order valence-electron chi connectivity index (χ4n) is 5.93. The number of benzene rings is 2. The predicted octanol–water partition coefficient (Wildman–Crippen LogP) is 7.04. The molecule has 1 aliphatic carbocycles. The van der Waals surface area contributed by atoms with Gasteiger partial charge < -0.3 is 9.33 Å². The van der Waals surface area contributed by atoms with E-state index in [2.05, 4.69) is 117 Å². The summed E-state index contributed by atoms with van der Waals surface area (Å²) in [5.74, 6) is 0. The molecule has 0 amide bonds. The standard InChI is InChI=1S/C34H45N2OSi2/c1-34(2,3)39(6,7)37-24-25-10-12-26(13-11-25)33-29-16-14-27(35-18-8-19-35)22-31(29)38(4,5)32-23-28(15-17-30(32)33)36-20-9-21-36/h10-17,22-23H,8-9,18-21,24H2,1-7H3/q+1. The van der Waals surface area contributed by atoms with Crippen LogP contribution >= 0.6 is 0 Å². The zero-order chi connectivity index (χ0) is 27.6. The largest absolute Gasteiger partial charge is 0.413 e. The number of rotatable bonds is 5. The Kier molecular flexibility index (Phi) is 6.56. The van der Waals surface area contributed by atoms with Crippen molar-refractivity contribution in [2.75, 3.05) is 31.1 Å². The SMILES string of the molecule is CC(C)(C)[Si](C)(C)OCc1ccc(C2=C3C=CC(=[N+]4CCC4)C=C3[Si](C)(C)c3cc(N4CCC4)ccc32)cc1. The maximum absolute atomic E-state index is 6.54. The van der Waals surface area contributed by atoms with E-state index in [1.165, 1.54) is 78.3 Å². The van der Waals surface area contributed by atoms with Crippen LogP contribution in [0.25, 0.3) is 5.57 Å². The molecule has 0 aromatic heterocycles. The molecule has 3 heterocycles. The zero-order valence-corrected chi connectivity index (χ0v) is 27.0. The van der Waals surface area contributed by atoms with Gasteiger partial charge in [0.25, 0.3) is 0 Å². The quantitative estimate of drug-likeness (QED) is 0.291. The van der Waals surface area contributed by atoms with Crippen LogP contribution in [0.3, 0.4) is 0 Å². The molecule has 39 heavy (non-hydrogen) atoms. The molecule has 0 radical (unpaired) electrons. The van der Waals surface area contributed by atoms with Crippen LogP contribution in [0, 0.1) is 0 Å². The summed E-state index contributed by atoms with van der Waals surface area (Å²) in [6.07, 6.45) is 9.95. The van der Waals surface area contributed by atoms with E-state index < -0.39 is 16.4 Å². The zero-order valence-electron chi connectivity index (χ0n) is 25.0. The highest BCUT2D eigenvalue weighted by molar-refractivity contribution is 6.98. The molecule has 2 fully saturated rings. The average molecular weight is 554 g/mol. The number of nitrogens with zero attached hydrogens (tertiary/aromatic N) is 2. The van der Waals surface area contributed by atoms with E-state index >= 15 is 0 Å². The molecule has 0 unspecified atom stereocenters. The van der Waals surface area contributed by atoms with Crippen molar-refractivity contribution in [1.82, 2.24) is 0 Å². The number of hydrogen-bond donors (Lipinski definition) is 0. The second-order valence-corrected chi connectivity index (χ2v) is 23.0. The van der Waals surface area contributed by atoms with Crippen LogP contribution in [0.5, 0.6) is 0 Å². The van der Waals surface area contributed by atoms with E-state index in [9.17, 15) is 0 Å². The van der Waals surface area contributed by atoms with Gasteiger partial charge in [-0.3, -0.25) is 0 Å². The Labute approximate surface area is 237 Å². The first-order chi connectivity index (χ1) is 18.5. The smallest absolute Gasteiger partial charge is 0.199 e. The summed E-state index contributed by atoms with van der Waals surface area (Å²) in [5.41, 5.74) is 9.65. The van der Waals surface area contributed by atoms with Crippen LogP contribution in [-0.4, -0.2) is 52.9 Å². The number of hydrogen-bond acceptors (Lipinski definition) is 2. The normalized spacial score (nSPS) is 20.3. The number of fused-ring (bicyclic) bond motifs is 2. The third-order valence-electron chi connectivity index (χ3n) is 9.98. The summed E-state index contributed by atoms with van der Waals surface area (Å²) in [6.45, 7) is 22.1. The van der Waals surface area contributed by atoms with Crippen molar-refractivity contribution < 1.29 is 9.00 Å². The first kappa shape index (κ1) is 26.7. The van der Waals surface area contributed by atoms with Crippen LogP contribution in [0.2, 0.25) is 31.2 Å². The molecule has 0 spiro atoms. The van der Waals surface area contributed by atoms with E-state index in [0.717, 1.165) is 0 Å². The number of allylic oxidation sites excluding steroid dienone is 5. The monoisotopic (exact) mass is 553 g/mol. The van der Waals surface area contributed by atoms with Crippen LogP contribution in [0.15, 0.2) is 71.5 Å². The summed E-state index contributed by atoms with van der Waals surface area (Å²) < 4.78 is 9.07. The minimum absolute atomic E-state index is 0.221. The molecule has 3 nitrogen and oxygen atoms in total. The summed E-state index contributed by atoms with van der Waals surface area (Å²) in [5, 5.41) is 3.39. The Morgan fingerprint density at radius 1 is 0.949 bits per heavy atom. The van der Waals surface area contributed by atoms with Crippen molar-refractivity contribution in [3.63, 3.8) is 0 Å². The van der Waals surface area contributed by atoms with Gasteiger partial charge in [-0.1, -0.05) is 64.2 Å². The van der Waals surface area contributed by atoms with Gasteiger partial charge in [0.1, 0.15) is 21.2 Å². The lowest BCUT2D eigenvalue weighted by atomic mass is 9.89. The Balaban J connectivity index is 1.42.